The van der Waals surface area contributed by atoms with Crippen LogP contribution in [-0.2, 0) is 7.05 Å². The Morgan fingerprint density at radius 3 is 2.36 bits per heavy atom. The highest BCUT2D eigenvalue weighted by Gasteiger charge is 2.12. The molecule has 0 aliphatic carbocycles. The molecule has 60 valence electrons. The lowest BCUT2D eigenvalue weighted by molar-refractivity contribution is 0.101. The zero-order valence-corrected chi connectivity index (χ0v) is 8.27. The molecule has 1 rings (SSSR count). The van der Waals surface area contributed by atoms with Crippen molar-refractivity contribution in [3.63, 3.8) is 0 Å². The molecule has 1 aromatic heterocycles. The van der Waals surface area contributed by atoms with Crippen LogP contribution in [0.3, 0.4) is 0 Å². The molecule has 0 aliphatic heterocycles. The van der Waals surface area contributed by atoms with Gasteiger partial charge in [0, 0.05) is 19.7 Å². The van der Waals surface area contributed by atoms with E-state index in [2.05, 4.69) is 21.0 Å². The van der Waals surface area contributed by atoms with Gasteiger partial charge >= 0.3 is 0 Å². The number of hydrogen-bond donors (Lipinski definition) is 0. The molecule has 11 heavy (non-hydrogen) atoms. The second kappa shape index (κ2) is 2.77. The Bertz CT molecular complexity index is 304. The molecule has 0 N–H and O–H groups in total. The minimum atomic E-state index is -0.0134. The zero-order chi connectivity index (χ0) is 8.59. The van der Waals surface area contributed by atoms with Gasteiger partial charge in [0.2, 0.25) is 0 Å². The van der Waals surface area contributed by atoms with Gasteiger partial charge in [0.25, 0.3) is 0 Å². The van der Waals surface area contributed by atoms with E-state index in [0.29, 0.717) is 5.69 Å². The molecule has 0 bridgehead atoms. The summed E-state index contributed by atoms with van der Waals surface area (Å²) >= 11 is 3.30. The monoisotopic (exact) mass is 216 g/mol. The second-order valence-corrected chi connectivity index (χ2v) is 3.22. The topological polar surface area (TPSA) is 34.9 Å². The van der Waals surface area contributed by atoms with Crippen molar-refractivity contribution in [2.75, 3.05) is 0 Å². The van der Waals surface area contributed by atoms with Crippen LogP contribution in [0.15, 0.2) is 4.47 Å². The van der Waals surface area contributed by atoms with Gasteiger partial charge in [-0.1, -0.05) is 0 Å². The summed E-state index contributed by atoms with van der Waals surface area (Å²) < 4.78 is 2.48. The van der Waals surface area contributed by atoms with Gasteiger partial charge in [-0.25, -0.2) is 0 Å². The molecule has 0 fully saturated rings. The lowest BCUT2D eigenvalue weighted by Crippen LogP contribution is -1.96. The molecule has 1 heterocycles. The Morgan fingerprint density at radius 1 is 1.64 bits per heavy atom. The molecule has 0 amide bonds. The molecule has 0 spiro atoms. The lowest BCUT2D eigenvalue weighted by Gasteiger charge is -1.89. The van der Waals surface area contributed by atoms with Crippen molar-refractivity contribution in [3.8, 4) is 0 Å². The van der Waals surface area contributed by atoms with E-state index in [0.717, 1.165) is 10.2 Å². The number of halogens is 1. The summed E-state index contributed by atoms with van der Waals surface area (Å²) in [5.41, 5.74) is 1.47. The third-order valence-electron chi connectivity index (χ3n) is 1.59. The maximum absolute atomic E-state index is 10.9. The van der Waals surface area contributed by atoms with Gasteiger partial charge < -0.3 is 0 Å². The average molecular weight is 217 g/mol. The molecule has 1 aromatic rings. The predicted octanol–water partition coefficient (Wildman–Crippen LogP) is 1.69. The first-order valence-electron chi connectivity index (χ1n) is 3.24. The third kappa shape index (κ3) is 1.35. The molecule has 0 aromatic carbocycles. The second-order valence-electron chi connectivity index (χ2n) is 2.43. The summed E-state index contributed by atoms with van der Waals surface area (Å²) in [5, 5.41) is 4.03. The van der Waals surface area contributed by atoms with E-state index in [1.807, 2.05) is 14.0 Å². The fourth-order valence-corrected chi connectivity index (χ4v) is 1.42. The summed E-state index contributed by atoms with van der Waals surface area (Å²) in [5.74, 6) is -0.0134. The van der Waals surface area contributed by atoms with Gasteiger partial charge in [-0.15, -0.1) is 0 Å². The number of aromatic nitrogens is 2. The van der Waals surface area contributed by atoms with E-state index in [1.165, 1.54) is 6.92 Å². The van der Waals surface area contributed by atoms with Crippen molar-refractivity contribution in [2.45, 2.75) is 13.8 Å². The molecular weight excluding hydrogens is 208 g/mol. The minimum Gasteiger partial charge on any atom is -0.293 e. The Morgan fingerprint density at radius 2 is 2.18 bits per heavy atom. The summed E-state index contributed by atoms with van der Waals surface area (Å²) in [7, 11) is 1.81. The van der Waals surface area contributed by atoms with Crippen molar-refractivity contribution in [1.29, 1.82) is 0 Å². The number of aryl methyl sites for hydroxylation is 1. The standard InChI is InChI=1S/C7H9BrN2O/c1-4-6(8)7(5(2)11)9-10(4)3/h1-3H3. The van der Waals surface area contributed by atoms with Gasteiger partial charge in [0.15, 0.2) is 5.78 Å². The van der Waals surface area contributed by atoms with Crippen LogP contribution < -0.4 is 0 Å². The SMILES string of the molecule is CC(=O)c1nn(C)c(C)c1Br. The molecule has 0 saturated heterocycles. The molecular formula is C7H9BrN2O. The number of nitrogens with zero attached hydrogens (tertiary/aromatic N) is 2. The van der Waals surface area contributed by atoms with Crippen LogP contribution in [-0.4, -0.2) is 15.6 Å². The van der Waals surface area contributed by atoms with Crippen molar-refractivity contribution < 1.29 is 4.79 Å². The van der Waals surface area contributed by atoms with Crippen LogP contribution >= 0.6 is 15.9 Å². The van der Waals surface area contributed by atoms with Crippen LogP contribution in [0.25, 0.3) is 0 Å². The van der Waals surface area contributed by atoms with Crippen LogP contribution in [0.5, 0.6) is 0 Å². The first-order chi connectivity index (χ1) is 5.04. The maximum Gasteiger partial charge on any atom is 0.181 e. The summed E-state index contributed by atoms with van der Waals surface area (Å²) in [6.45, 7) is 3.41. The molecule has 3 nitrogen and oxygen atoms in total. The van der Waals surface area contributed by atoms with Crippen molar-refractivity contribution >= 4 is 21.7 Å². The summed E-state index contributed by atoms with van der Waals surface area (Å²) in [6, 6.07) is 0. The lowest BCUT2D eigenvalue weighted by atomic mass is 10.3. The first kappa shape index (κ1) is 8.46. The van der Waals surface area contributed by atoms with E-state index < -0.39 is 0 Å². The van der Waals surface area contributed by atoms with Crippen molar-refractivity contribution in [3.05, 3.63) is 15.9 Å². The van der Waals surface area contributed by atoms with Crippen LogP contribution in [0, 0.1) is 6.92 Å². The van der Waals surface area contributed by atoms with Crippen LogP contribution in [0.2, 0.25) is 0 Å². The van der Waals surface area contributed by atoms with E-state index >= 15 is 0 Å². The van der Waals surface area contributed by atoms with Crippen molar-refractivity contribution in [2.24, 2.45) is 7.05 Å². The summed E-state index contributed by atoms with van der Waals surface area (Å²) in [6.07, 6.45) is 0. The predicted molar refractivity (Wildman–Crippen MR) is 45.6 cm³/mol. The fraction of sp³-hybridized carbons (Fsp3) is 0.429. The highest BCUT2D eigenvalue weighted by atomic mass is 79.9. The average Bonchev–Trinajstić information content (AvgIpc) is 2.17. The number of ketones is 1. The molecule has 0 aliphatic rings. The van der Waals surface area contributed by atoms with E-state index in [1.54, 1.807) is 4.68 Å². The molecule has 4 heteroatoms. The Balaban J connectivity index is 3.29. The first-order valence-corrected chi connectivity index (χ1v) is 4.03. The third-order valence-corrected chi connectivity index (χ3v) is 2.54. The number of Topliss-reactive ketones (excluding diaryl/α,β-unsaturated/α-hetero) is 1. The van der Waals surface area contributed by atoms with Gasteiger partial charge in [-0.2, -0.15) is 5.10 Å². The number of rotatable bonds is 1. The largest absolute Gasteiger partial charge is 0.293 e. The van der Waals surface area contributed by atoms with Gasteiger partial charge in [-0.3, -0.25) is 9.48 Å². The number of carbonyl (C=O) groups excluding carboxylic acids is 1. The van der Waals surface area contributed by atoms with E-state index in [-0.39, 0.29) is 5.78 Å². The minimum absolute atomic E-state index is 0.0134. The number of carbonyl (C=O) groups is 1. The highest BCUT2D eigenvalue weighted by Crippen LogP contribution is 2.19. The smallest absolute Gasteiger partial charge is 0.181 e. The van der Waals surface area contributed by atoms with Crippen LogP contribution in [0.1, 0.15) is 23.1 Å². The maximum atomic E-state index is 10.9. The fourth-order valence-electron chi connectivity index (χ4n) is 0.807. The molecule has 0 atom stereocenters. The van der Waals surface area contributed by atoms with Crippen molar-refractivity contribution in [1.82, 2.24) is 9.78 Å². The molecule has 0 radical (unpaired) electrons. The van der Waals surface area contributed by atoms with E-state index in [4.69, 9.17) is 0 Å². The summed E-state index contributed by atoms with van der Waals surface area (Å²) in [4.78, 5) is 10.9. The van der Waals surface area contributed by atoms with Gasteiger partial charge in [-0.05, 0) is 22.9 Å². The van der Waals surface area contributed by atoms with Gasteiger partial charge in [0.1, 0.15) is 5.69 Å². The van der Waals surface area contributed by atoms with Gasteiger partial charge in [0.05, 0.1) is 4.47 Å². The zero-order valence-electron chi connectivity index (χ0n) is 6.68. The molecule has 0 unspecified atom stereocenters. The quantitative estimate of drug-likeness (QED) is 0.671. The number of hydrogen-bond acceptors (Lipinski definition) is 2. The van der Waals surface area contributed by atoms with Crippen LogP contribution in [0.4, 0.5) is 0 Å². The highest BCUT2D eigenvalue weighted by molar-refractivity contribution is 9.10. The molecule has 0 saturated carbocycles. The normalized spacial score (nSPS) is 10.2. The Kier molecular flexibility index (Phi) is 2.13. The Labute approximate surface area is 73.5 Å². The Hall–Kier alpha value is -0.640. The van der Waals surface area contributed by atoms with E-state index in [9.17, 15) is 4.79 Å².